The molecular formula is C14H16N2O4. The standard InChI is InChI=1S/C14H16N2O4/c1-9(18-3)8-19-14(17)12-7-5-4-6-11(12)13-15-10(2)16-20-13/h4-7,9H,8H2,1-3H3/t9-/m1/s1. The second kappa shape index (κ2) is 6.29. The lowest BCUT2D eigenvalue weighted by Gasteiger charge is -2.11. The molecule has 2 rings (SSSR count). The number of esters is 1. The average molecular weight is 276 g/mol. The van der Waals surface area contributed by atoms with E-state index in [0.717, 1.165) is 0 Å². The number of aromatic nitrogens is 2. The quantitative estimate of drug-likeness (QED) is 0.780. The molecule has 1 aromatic heterocycles. The molecule has 6 heteroatoms. The van der Waals surface area contributed by atoms with Gasteiger partial charge in [-0.25, -0.2) is 4.79 Å². The van der Waals surface area contributed by atoms with Crippen molar-refractivity contribution in [3.05, 3.63) is 35.7 Å². The van der Waals surface area contributed by atoms with E-state index in [1.54, 1.807) is 38.3 Å². The van der Waals surface area contributed by atoms with Crippen LogP contribution in [0.15, 0.2) is 28.8 Å². The van der Waals surface area contributed by atoms with Crippen LogP contribution in [-0.4, -0.2) is 35.9 Å². The zero-order valence-electron chi connectivity index (χ0n) is 11.6. The van der Waals surface area contributed by atoms with Crippen molar-refractivity contribution >= 4 is 5.97 Å². The number of carbonyl (C=O) groups is 1. The van der Waals surface area contributed by atoms with Crippen molar-refractivity contribution in [2.75, 3.05) is 13.7 Å². The van der Waals surface area contributed by atoms with E-state index in [-0.39, 0.29) is 12.7 Å². The summed E-state index contributed by atoms with van der Waals surface area (Å²) in [6.07, 6.45) is -0.156. The predicted octanol–water partition coefficient (Wildman–Crippen LogP) is 2.24. The van der Waals surface area contributed by atoms with E-state index in [9.17, 15) is 4.79 Å². The van der Waals surface area contributed by atoms with Crippen molar-refractivity contribution in [1.82, 2.24) is 10.1 Å². The molecule has 0 amide bonds. The number of rotatable bonds is 5. The van der Waals surface area contributed by atoms with Gasteiger partial charge in [-0.1, -0.05) is 17.3 Å². The first kappa shape index (κ1) is 14.2. The Morgan fingerprint density at radius 1 is 1.40 bits per heavy atom. The van der Waals surface area contributed by atoms with Crippen molar-refractivity contribution in [2.24, 2.45) is 0 Å². The van der Waals surface area contributed by atoms with Gasteiger partial charge < -0.3 is 14.0 Å². The minimum absolute atomic E-state index is 0.156. The Morgan fingerprint density at radius 3 is 2.80 bits per heavy atom. The second-order valence-corrected chi connectivity index (χ2v) is 4.34. The molecule has 106 valence electrons. The highest BCUT2D eigenvalue weighted by molar-refractivity contribution is 5.96. The van der Waals surface area contributed by atoms with Crippen LogP contribution < -0.4 is 0 Å². The Morgan fingerprint density at radius 2 is 2.15 bits per heavy atom. The van der Waals surface area contributed by atoms with Crippen LogP contribution in [0.4, 0.5) is 0 Å². The lowest BCUT2D eigenvalue weighted by molar-refractivity contribution is 0.0169. The van der Waals surface area contributed by atoms with E-state index in [2.05, 4.69) is 10.1 Å². The van der Waals surface area contributed by atoms with Gasteiger partial charge >= 0.3 is 5.97 Å². The van der Waals surface area contributed by atoms with Crippen LogP contribution in [0.3, 0.4) is 0 Å². The van der Waals surface area contributed by atoms with Gasteiger partial charge in [-0.2, -0.15) is 4.98 Å². The summed E-state index contributed by atoms with van der Waals surface area (Å²) >= 11 is 0. The molecule has 20 heavy (non-hydrogen) atoms. The summed E-state index contributed by atoms with van der Waals surface area (Å²) < 4.78 is 15.3. The summed E-state index contributed by atoms with van der Waals surface area (Å²) in [5.41, 5.74) is 0.947. The zero-order chi connectivity index (χ0) is 14.5. The van der Waals surface area contributed by atoms with Gasteiger partial charge in [0.1, 0.15) is 6.61 Å². The van der Waals surface area contributed by atoms with Crippen LogP contribution in [0.1, 0.15) is 23.1 Å². The van der Waals surface area contributed by atoms with Gasteiger partial charge in [0.25, 0.3) is 5.89 Å². The molecule has 0 aliphatic heterocycles. The van der Waals surface area contributed by atoms with Gasteiger partial charge in [0, 0.05) is 7.11 Å². The predicted molar refractivity (Wildman–Crippen MR) is 71.2 cm³/mol. The number of aryl methyl sites for hydroxylation is 1. The first-order valence-corrected chi connectivity index (χ1v) is 6.21. The molecule has 0 radical (unpaired) electrons. The fourth-order valence-electron chi connectivity index (χ4n) is 1.59. The summed E-state index contributed by atoms with van der Waals surface area (Å²) in [6.45, 7) is 3.72. The highest BCUT2D eigenvalue weighted by Crippen LogP contribution is 2.22. The minimum atomic E-state index is -0.444. The number of carbonyl (C=O) groups excluding carboxylic acids is 1. The molecule has 2 aromatic rings. The maximum absolute atomic E-state index is 12.1. The minimum Gasteiger partial charge on any atom is -0.459 e. The van der Waals surface area contributed by atoms with Gasteiger partial charge in [-0.3, -0.25) is 0 Å². The molecule has 6 nitrogen and oxygen atoms in total. The molecule has 0 aliphatic carbocycles. The zero-order valence-corrected chi connectivity index (χ0v) is 11.6. The van der Waals surface area contributed by atoms with E-state index in [1.807, 2.05) is 6.92 Å². The van der Waals surface area contributed by atoms with Gasteiger partial charge in [0.15, 0.2) is 5.82 Å². The summed E-state index contributed by atoms with van der Waals surface area (Å²) in [6, 6.07) is 6.95. The van der Waals surface area contributed by atoms with Crippen molar-refractivity contribution in [3.63, 3.8) is 0 Å². The van der Waals surface area contributed by atoms with Gasteiger partial charge in [-0.05, 0) is 26.0 Å². The topological polar surface area (TPSA) is 74.5 Å². The van der Waals surface area contributed by atoms with Crippen molar-refractivity contribution in [2.45, 2.75) is 20.0 Å². The number of methoxy groups -OCH3 is 1. The Bertz CT molecular complexity index is 594. The van der Waals surface area contributed by atoms with Crippen LogP contribution in [0.2, 0.25) is 0 Å². The monoisotopic (exact) mass is 276 g/mol. The van der Waals surface area contributed by atoms with Crippen LogP contribution in [0.25, 0.3) is 11.5 Å². The molecule has 0 fully saturated rings. The molecule has 1 aromatic carbocycles. The molecule has 0 unspecified atom stereocenters. The number of hydrogen-bond donors (Lipinski definition) is 0. The Hall–Kier alpha value is -2.21. The van der Waals surface area contributed by atoms with Gasteiger partial charge in [0.2, 0.25) is 0 Å². The van der Waals surface area contributed by atoms with E-state index in [1.165, 1.54) is 0 Å². The third kappa shape index (κ3) is 3.21. The smallest absolute Gasteiger partial charge is 0.339 e. The Labute approximate surface area is 116 Å². The summed E-state index contributed by atoms with van der Waals surface area (Å²) in [7, 11) is 1.56. The summed E-state index contributed by atoms with van der Waals surface area (Å²) in [5, 5.41) is 3.72. The average Bonchev–Trinajstić information content (AvgIpc) is 2.90. The lowest BCUT2D eigenvalue weighted by Crippen LogP contribution is -2.18. The number of ether oxygens (including phenoxy) is 2. The van der Waals surface area contributed by atoms with Gasteiger partial charge in [-0.15, -0.1) is 0 Å². The highest BCUT2D eigenvalue weighted by Gasteiger charge is 2.18. The molecular weight excluding hydrogens is 260 g/mol. The number of benzene rings is 1. The van der Waals surface area contributed by atoms with Crippen LogP contribution >= 0.6 is 0 Å². The second-order valence-electron chi connectivity index (χ2n) is 4.34. The molecule has 0 aliphatic rings. The lowest BCUT2D eigenvalue weighted by atomic mass is 10.1. The largest absolute Gasteiger partial charge is 0.459 e. The fourth-order valence-corrected chi connectivity index (χ4v) is 1.59. The van der Waals surface area contributed by atoms with Crippen molar-refractivity contribution < 1.29 is 18.8 Å². The van der Waals surface area contributed by atoms with Crippen molar-refractivity contribution in [1.29, 1.82) is 0 Å². The molecule has 0 N–H and O–H groups in total. The third-order valence-electron chi connectivity index (χ3n) is 2.76. The van der Waals surface area contributed by atoms with Crippen LogP contribution in [0, 0.1) is 6.92 Å². The highest BCUT2D eigenvalue weighted by atomic mass is 16.6. The van der Waals surface area contributed by atoms with E-state index in [4.69, 9.17) is 14.0 Å². The number of hydrogen-bond acceptors (Lipinski definition) is 6. The molecule has 0 bridgehead atoms. The van der Waals surface area contributed by atoms with Crippen LogP contribution in [0.5, 0.6) is 0 Å². The normalized spacial score (nSPS) is 12.2. The summed E-state index contributed by atoms with van der Waals surface area (Å²) in [5.74, 6) is 0.367. The molecule has 1 atom stereocenters. The third-order valence-corrected chi connectivity index (χ3v) is 2.76. The summed E-state index contributed by atoms with van der Waals surface area (Å²) in [4.78, 5) is 16.2. The van der Waals surface area contributed by atoms with Crippen LogP contribution in [-0.2, 0) is 9.47 Å². The molecule has 0 saturated carbocycles. The maximum Gasteiger partial charge on any atom is 0.339 e. The van der Waals surface area contributed by atoms with Crippen molar-refractivity contribution in [3.8, 4) is 11.5 Å². The van der Waals surface area contributed by atoms with E-state index >= 15 is 0 Å². The SMILES string of the molecule is CO[C@H](C)COC(=O)c1ccccc1-c1nc(C)no1. The Balaban J connectivity index is 2.22. The van der Waals surface area contributed by atoms with E-state index < -0.39 is 5.97 Å². The Kier molecular flexibility index (Phi) is 4.47. The molecule has 0 spiro atoms. The molecule has 1 heterocycles. The fraction of sp³-hybridized carbons (Fsp3) is 0.357. The first-order valence-electron chi connectivity index (χ1n) is 6.21. The van der Waals surface area contributed by atoms with E-state index in [0.29, 0.717) is 22.8 Å². The number of nitrogens with zero attached hydrogens (tertiary/aromatic N) is 2. The first-order chi connectivity index (χ1) is 9.61. The van der Waals surface area contributed by atoms with Gasteiger partial charge in [0.05, 0.1) is 17.2 Å². The molecule has 0 saturated heterocycles. The maximum atomic E-state index is 12.1.